The average molecular weight is 431 g/mol. The molecule has 0 aliphatic carbocycles. The molecule has 2 heterocycles. The van der Waals surface area contributed by atoms with E-state index < -0.39 is 12.6 Å². The van der Waals surface area contributed by atoms with Crippen LogP contribution in [0.2, 0.25) is 0 Å². The summed E-state index contributed by atoms with van der Waals surface area (Å²) in [5.74, 6) is -0.569. The molecule has 4 aromatic rings. The van der Waals surface area contributed by atoms with E-state index in [1.54, 1.807) is 34.9 Å². The van der Waals surface area contributed by atoms with Gasteiger partial charge in [0.1, 0.15) is 23.0 Å². The van der Waals surface area contributed by atoms with Crippen molar-refractivity contribution in [1.82, 2.24) is 9.55 Å². The Kier molecular flexibility index (Phi) is 5.51. The molecule has 0 saturated carbocycles. The average Bonchev–Trinajstić information content (AvgIpc) is 3.03. The summed E-state index contributed by atoms with van der Waals surface area (Å²) in [6, 6.07) is 16.7. The van der Waals surface area contributed by atoms with E-state index >= 15 is 0 Å². The van der Waals surface area contributed by atoms with Gasteiger partial charge in [-0.25, -0.2) is 9.78 Å². The summed E-state index contributed by atoms with van der Waals surface area (Å²) in [7, 11) is 0. The highest BCUT2D eigenvalue weighted by atomic mass is 16.5. The molecular formula is C24H21N3O5. The van der Waals surface area contributed by atoms with E-state index in [0.717, 1.165) is 11.3 Å². The van der Waals surface area contributed by atoms with Crippen molar-refractivity contribution in [3.8, 4) is 11.5 Å². The number of anilines is 1. The van der Waals surface area contributed by atoms with Gasteiger partial charge in [-0.1, -0.05) is 12.1 Å². The first kappa shape index (κ1) is 20.9. The summed E-state index contributed by atoms with van der Waals surface area (Å²) < 4.78 is 7.02. The summed E-state index contributed by atoms with van der Waals surface area (Å²) in [6.45, 7) is 1.73. The number of carboxylic acid groups (broad SMARTS) is 1. The Morgan fingerprint density at radius 1 is 1.09 bits per heavy atom. The SMILES string of the molecule is Cc1ccc2c(C(=O)c3ccc(O)cc3)c(N)n(Cc3cccc(OCC(=O)O)c3)c2n1. The summed E-state index contributed by atoms with van der Waals surface area (Å²) in [4.78, 5) is 28.6. The summed E-state index contributed by atoms with van der Waals surface area (Å²) >= 11 is 0. The van der Waals surface area contributed by atoms with Gasteiger partial charge in [0.2, 0.25) is 0 Å². The molecule has 0 radical (unpaired) electrons. The summed E-state index contributed by atoms with van der Waals surface area (Å²) in [5, 5.41) is 19.0. The Balaban J connectivity index is 1.77. The molecule has 8 heteroatoms. The molecule has 4 rings (SSSR count). The molecule has 32 heavy (non-hydrogen) atoms. The smallest absolute Gasteiger partial charge is 0.341 e. The van der Waals surface area contributed by atoms with Crippen LogP contribution in [0.15, 0.2) is 60.7 Å². The minimum atomic E-state index is -1.06. The number of hydrogen-bond donors (Lipinski definition) is 3. The number of aliphatic carboxylic acids is 1. The second-order valence-electron chi connectivity index (χ2n) is 7.38. The lowest BCUT2D eigenvalue weighted by atomic mass is 10.0. The fraction of sp³-hybridized carbons (Fsp3) is 0.125. The molecule has 0 aliphatic rings. The molecular weight excluding hydrogens is 410 g/mol. The second kappa shape index (κ2) is 8.43. The van der Waals surface area contributed by atoms with Crippen molar-refractivity contribution in [2.75, 3.05) is 12.3 Å². The number of carbonyl (C=O) groups excluding carboxylic acids is 1. The zero-order valence-electron chi connectivity index (χ0n) is 17.3. The number of carbonyl (C=O) groups is 2. The number of ether oxygens (including phenoxy) is 1. The van der Waals surface area contributed by atoms with Crippen LogP contribution in [0.4, 0.5) is 5.82 Å². The third-order valence-electron chi connectivity index (χ3n) is 5.04. The Hall–Kier alpha value is -4.33. The second-order valence-corrected chi connectivity index (χ2v) is 7.38. The zero-order chi connectivity index (χ0) is 22.8. The first-order chi connectivity index (χ1) is 15.3. The van der Waals surface area contributed by atoms with Crippen LogP contribution in [0.1, 0.15) is 27.2 Å². The quantitative estimate of drug-likeness (QED) is 0.383. The van der Waals surface area contributed by atoms with Crippen LogP contribution in [0, 0.1) is 6.92 Å². The fourth-order valence-electron chi connectivity index (χ4n) is 3.55. The number of aryl methyl sites for hydroxylation is 1. The first-order valence-electron chi connectivity index (χ1n) is 9.86. The number of benzene rings is 2. The number of nitrogens with zero attached hydrogens (tertiary/aromatic N) is 2. The number of hydrogen-bond acceptors (Lipinski definition) is 6. The van der Waals surface area contributed by atoms with Crippen LogP contribution in [0.3, 0.4) is 0 Å². The molecule has 2 aromatic heterocycles. The lowest BCUT2D eigenvalue weighted by molar-refractivity contribution is -0.139. The highest BCUT2D eigenvalue weighted by molar-refractivity contribution is 6.19. The Labute approximate surface area is 183 Å². The van der Waals surface area contributed by atoms with E-state index in [9.17, 15) is 14.7 Å². The number of ketones is 1. The predicted octanol–water partition coefficient (Wildman–Crippen LogP) is 3.38. The minimum Gasteiger partial charge on any atom is -0.508 e. The topological polar surface area (TPSA) is 128 Å². The van der Waals surface area contributed by atoms with Gasteiger partial charge in [-0.15, -0.1) is 0 Å². The van der Waals surface area contributed by atoms with Crippen LogP contribution in [-0.2, 0) is 11.3 Å². The minimum absolute atomic E-state index is 0.0687. The summed E-state index contributed by atoms with van der Waals surface area (Å²) in [6.07, 6.45) is 0. The van der Waals surface area contributed by atoms with Crippen LogP contribution < -0.4 is 10.5 Å². The molecule has 0 saturated heterocycles. The van der Waals surface area contributed by atoms with Gasteiger partial charge in [0.25, 0.3) is 0 Å². The molecule has 4 N–H and O–H groups in total. The van der Waals surface area contributed by atoms with E-state index in [-0.39, 0.29) is 17.4 Å². The number of aromatic hydroxyl groups is 1. The van der Waals surface area contributed by atoms with E-state index in [1.807, 2.05) is 25.1 Å². The van der Waals surface area contributed by atoms with Crippen molar-refractivity contribution in [2.24, 2.45) is 0 Å². The number of rotatable bonds is 7. The lowest BCUT2D eigenvalue weighted by Gasteiger charge is -2.10. The molecule has 0 bridgehead atoms. The van der Waals surface area contributed by atoms with Crippen molar-refractivity contribution >= 4 is 28.6 Å². The van der Waals surface area contributed by atoms with Crippen molar-refractivity contribution in [2.45, 2.75) is 13.5 Å². The maximum Gasteiger partial charge on any atom is 0.341 e. The summed E-state index contributed by atoms with van der Waals surface area (Å²) in [5.41, 5.74) is 9.36. The maximum atomic E-state index is 13.3. The molecule has 0 fully saturated rings. The van der Waals surface area contributed by atoms with Crippen LogP contribution in [-0.4, -0.2) is 38.1 Å². The molecule has 162 valence electrons. The molecule has 0 unspecified atom stereocenters. The van der Waals surface area contributed by atoms with E-state index in [2.05, 4.69) is 4.98 Å². The number of phenolic OH excluding ortho intramolecular Hbond substituents is 1. The van der Waals surface area contributed by atoms with Crippen LogP contribution >= 0.6 is 0 Å². The van der Waals surface area contributed by atoms with Gasteiger partial charge in [0, 0.05) is 16.6 Å². The number of pyridine rings is 1. The Morgan fingerprint density at radius 3 is 2.56 bits per heavy atom. The molecule has 8 nitrogen and oxygen atoms in total. The number of aromatic nitrogens is 2. The van der Waals surface area contributed by atoms with Gasteiger partial charge in [-0.3, -0.25) is 4.79 Å². The van der Waals surface area contributed by atoms with Crippen molar-refractivity contribution in [3.63, 3.8) is 0 Å². The molecule has 0 amide bonds. The fourth-order valence-corrected chi connectivity index (χ4v) is 3.55. The van der Waals surface area contributed by atoms with Gasteiger partial charge in [-0.05, 0) is 61.0 Å². The number of nitrogen functional groups attached to an aromatic ring is 1. The van der Waals surface area contributed by atoms with Gasteiger partial charge < -0.3 is 25.3 Å². The van der Waals surface area contributed by atoms with Gasteiger partial charge >= 0.3 is 5.97 Å². The third kappa shape index (κ3) is 4.11. The van der Waals surface area contributed by atoms with Crippen molar-refractivity contribution in [1.29, 1.82) is 0 Å². The number of carboxylic acids is 1. The Morgan fingerprint density at radius 2 is 1.84 bits per heavy atom. The molecule has 0 aliphatic heterocycles. The predicted molar refractivity (Wildman–Crippen MR) is 119 cm³/mol. The molecule has 2 aromatic carbocycles. The molecule has 0 spiro atoms. The van der Waals surface area contributed by atoms with Crippen LogP contribution in [0.5, 0.6) is 11.5 Å². The first-order valence-corrected chi connectivity index (χ1v) is 9.86. The lowest BCUT2D eigenvalue weighted by Crippen LogP contribution is -2.10. The number of phenols is 1. The number of nitrogens with two attached hydrogens (primary N) is 1. The number of fused-ring (bicyclic) bond motifs is 1. The van der Waals surface area contributed by atoms with Gasteiger partial charge in [0.05, 0.1) is 12.1 Å². The van der Waals surface area contributed by atoms with Crippen LogP contribution in [0.25, 0.3) is 11.0 Å². The van der Waals surface area contributed by atoms with E-state index in [1.165, 1.54) is 12.1 Å². The van der Waals surface area contributed by atoms with E-state index in [0.29, 0.717) is 34.5 Å². The van der Waals surface area contributed by atoms with Gasteiger partial charge in [0.15, 0.2) is 12.4 Å². The van der Waals surface area contributed by atoms with E-state index in [4.69, 9.17) is 15.6 Å². The highest BCUT2D eigenvalue weighted by Gasteiger charge is 2.23. The normalized spacial score (nSPS) is 10.9. The highest BCUT2D eigenvalue weighted by Crippen LogP contribution is 2.31. The van der Waals surface area contributed by atoms with Gasteiger partial charge in [-0.2, -0.15) is 0 Å². The zero-order valence-corrected chi connectivity index (χ0v) is 17.3. The standard InChI is InChI=1S/C24H21N3O5/c1-14-5-10-19-21(22(31)16-6-8-17(28)9-7-16)23(25)27(24(19)26-14)12-15-3-2-4-18(11-15)32-13-20(29)30/h2-11,28H,12-13,25H2,1H3,(H,29,30). The molecule has 0 atom stereocenters. The Bertz CT molecular complexity index is 1330. The monoisotopic (exact) mass is 431 g/mol. The largest absolute Gasteiger partial charge is 0.508 e. The van der Waals surface area contributed by atoms with Crippen molar-refractivity contribution in [3.05, 3.63) is 83.0 Å². The maximum absolute atomic E-state index is 13.3. The van der Waals surface area contributed by atoms with Crippen molar-refractivity contribution < 1.29 is 24.5 Å². The third-order valence-corrected chi connectivity index (χ3v) is 5.04.